The van der Waals surface area contributed by atoms with Gasteiger partial charge in [0.1, 0.15) is 16.6 Å². The minimum absolute atomic E-state index is 0.0514. The Morgan fingerprint density at radius 2 is 2.05 bits per heavy atom. The quantitative estimate of drug-likeness (QED) is 0.587. The van der Waals surface area contributed by atoms with E-state index >= 15 is 0 Å². The van der Waals surface area contributed by atoms with E-state index in [1.165, 1.54) is 6.33 Å². The monoisotopic (exact) mass is 341 g/mol. The lowest BCUT2D eigenvalue weighted by molar-refractivity contribution is 0.870. The summed E-state index contributed by atoms with van der Waals surface area (Å²) in [7, 11) is 0. The van der Waals surface area contributed by atoms with Crippen LogP contribution < -0.4 is 16.6 Å². The van der Waals surface area contributed by atoms with Crippen molar-refractivity contribution in [1.82, 2.24) is 9.97 Å². The molecule has 100 valence electrons. The van der Waals surface area contributed by atoms with Gasteiger partial charge in [-0.25, -0.2) is 15.8 Å². The molecule has 0 spiro atoms. The first-order valence-electron chi connectivity index (χ1n) is 5.61. The molecular weight excluding hydrogens is 330 g/mol. The Morgan fingerprint density at radius 3 is 2.74 bits per heavy atom. The van der Waals surface area contributed by atoms with Gasteiger partial charge in [-0.1, -0.05) is 23.7 Å². The number of nitrogens with zero attached hydrogens (tertiary/aromatic N) is 2. The predicted molar refractivity (Wildman–Crippen MR) is 81.0 cm³/mol. The van der Waals surface area contributed by atoms with Crippen molar-refractivity contribution in [1.29, 1.82) is 0 Å². The Morgan fingerprint density at radius 1 is 1.32 bits per heavy atom. The molecule has 0 saturated heterocycles. The van der Waals surface area contributed by atoms with E-state index in [0.29, 0.717) is 21.1 Å². The van der Waals surface area contributed by atoms with Gasteiger partial charge in [0.25, 0.3) is 0 Å². The van der Waals surface area contributed by atoms with Crippen LogP contribution in [0.4, 0.5) is 11.6 Å². The third-order valence-electron chi connectivity index (χ3n) is 2.63. The van der Waals surface area contributed by atoms with E-state index in [4.69, 9.17) is 17.4 Å². The first-order valence-corrected chi connectivity index (χ1v) is 6.78. The molecule has 2 aromatic rings. The van der Waals surface area contributed by atoms with Crippen LogP contribution in [0.3, 0.4) is 0 Å². The summed E-state index contributed by atoms with van der Waals surface area (Å²) in [6.07, 6.45) is 1.44. The van der Waals surface area contributed by atoms with E-state index in [2.05, 4.69) is 36.6 Å². The molecule has 0 bridgehead atoms. The highest BCUT2D eigenvalue weighted by Crippen LogP contribution is 2.29. The number of hydrogen-bond donors (Lipinski definition) is 3. The highest BCUT2D eigenvalue weighted by molar-refractivity contribution is 9.10. The van der Waals surface area contributed by atoms with Crippen LogP contribution in [0.25, 0.3) is 0 Å². The number of anilines is 2. The lowest BCUT2D eigenvalue weighted by atomic mass is 10.1. The number of aromatic nitrogens is 2. The number of nitrogens with two attached hydrogens (primary N) is 1. The molecule has 0 aliphatic heterocycles. The van der Waals surface area contributed by atoms with Crippen LogP contribution in [0.1, 0.15) is 18.5 Å². The number of benzene rings is 1. The molecule has 5 nitrogen and oxygen atoms in total. The van der Waals surface area contributed by atoms with Gasteiger partial charge < -0.3 is 10.7 Å². The molecule has 19 heavy (non-hydrogen) atoms. The molecule has 1 aromatic carbocycles. The minimum Gasteiger partial charge on any atom is -0.362 e. The topological polar surface area (TPSA) is 75.9 Å². The second-order valence-corrected chi connectivity index (χ2v) is 5.18. The average molecular weight is 343 g/mol. The summed E-state index contributed by atoms with van der Waals surface area (Å²) >= 11 is 9.38. The minimum atomic E-state index is 0.0514. The van der Waals surface area contributed by atoms with Gasteiger partial charge in [-0.15, -0.1) is 0 Å². The summed E-state index contributed by atoms with van der Waals surface area (Å²) in [4.78, 5) is 8.17. The third-order valence-corrected chi connectivity index (χ3v) is 3.61. The fourth-order valence-corrected chi connectivity index (χ4v) is 2.27. The Labute approximate surface area is 124 Å². The molecule has 1 unspecified atom stereocenters. The largest absolute Gasteiger partial charge is 0.362 e. The maximum atomic E-state index is 5.98. The SMILES string of the molecule is CC(Nc1ncnc(NN)c1Br)c1cccc(Cl)c1. The molecule has 0 aliphatic rings. The molecule has 0 aliphatic carbocycles. The standard InChI is InChI=1S/C12H13BrClN5/c1-7(8-3-2-4-9(14)5-8)18-11-10(13)12(19-15)17-6-16-11/h2-7H,15H2,1H3,(H2,16,17,18,19). The second kappa shape index (κ2) is 6.18. The first kappa shape index (κ1) is 14.0. The number of halogens is 2. The van der Waals surface area contributed by atoms with Crippen LogP contribution in [-0.4, -0.2) is 9.97 Å². The van der Waals surface area contributed by atoms with Crippen molar-refractivity contribution >= 4 is 39.2 Å². The van der Waals surface area contributed by atoms with Crippen molar-refractivity contribution in [3.05, 3.63) is 45.7 Å². The Hall–Kier alpha value is -1.37. The first-order chi connectivity index (χ1) is 9.11. The van der Waals surface area contributed by atoms with Gasteiger partial charge in [0, 0.05) is 5.02 Å². The third kappa shape index (κ3) is 3.34. The van der Waals surface area contributed by atoms with Gasteiger partial charge in [0.15, 0.2) is 5.82 Å². The van der Waals surface area contributed by atoms with Crippen molar-refractivity contribution in [2.24, 2.45) is 5.84 Å². The zero-order valence-electron chi connectivity index (χ0n) is 10.2. The van der Waals surface area contributed by atoms with E-state index in [9.17, 15) is 0 Å². The van der Waals surface area contributed by atoms with Crippen LogP contribution in [-0.2, 0) is 0 Å². The van der Waals surface area contributed by atoms with Gasteiger partial charge in [-0.3, -0.25) is 0 Å². The van der Waals surface area contributed by atoms with E-state index < -0.39 is 0 Å². The average Bonchev–Trinajstić information content (AvgIpc) is 2.41. The lowest BCUT2D eigenvalue weighted by Crippen LogP contribution is -2.13. The van der Waals surface area contributed by atoms with Gasteiger partial charge in [-0.2, -0.15) is 0 Å². The molecule has 7 heteroatoms. The number of nitrogen functional groups attached to an aromatic ring is 1. The molecule has 1 atom stereocenters. The van der Waals surface area contributed by atoms with Crippen LogP contribution in [0.2, 0.25) is 5.02 Å². The molecule has 0 saturated carbocycles. The summed E-state index contributed by atoms with van der Waals surface area (Å²) in [6.45, 7) is 2.02. The van der Waals surface area contributed by atoms with Gasteiger partial charge in [-0.05, 0) is 40.5 Å². The highest BCUT2D eigenvalue weighted by atomic mass is 79.9. The summed E-state index contributed by atoms with van der Waals surface area (Å²) in [6, 6.07) is 7.72. The van der Waals surface area contributed by atoms with Crippen molar-refractivity contribution in [2.45, 2.75) is 13.0 Å². The maximum Gasteiger partial charge on any atom is 0.159 e. The van der Waals surface area contributed by atoms with E-state index in [-0.39, 0.29) is 6.04 Å². The Kier molecular flexibility index (Phi) is 4.57. The van der Waals surface area contributed by atoms with Crippen LogP contribution in [0.15, 0.2) is 35.1 Å². The molecule has 0 fully saturated rings. The van der Waals surface area contributed by atoms with Crippen molar-refractivity contribution < 1.29 is 0 Å². The van der Waals surface area contributed by atoms with Crippen molar-refractivity contribution in [3.63, 3.8) is 0 Å². The van der Waals surface area contributed by atoms with E-state index in [1.807, 2.05) is 31.2 Å². The predicted octanol–water partition coefficient (Wildman–Crippen LogP) is 3.35. The fourth-order valence-electron chi connectivity index (χ4n) is 1.64. The summed E-state index contributed by atoms with van der Waals surface area (Å²) < 4.78 is 0.686. The zero-order valence-corrected chi connectivity index (χ0v) is 12.5. The number of rotatable bonds is 4. The van der Waals surface area contributed by atoms with Crippen molar-refractivity contribution in [2.75, 3.05) is 10.7 Å². The molecule has 0 radical (unpaired) electrons. The molecular formula is C12H13BrClN5. The van der Waals surface area contributed by atoms with Crippen LogP contribution in [0.5, 0.6) is 0 Å². The fraction of sp³-hybridized carbons (Fsp3) is 0.167. The molecule has 4 N–H and O–H groups in total. The van der Waals surface area contributed by atoms with E-state index in [0.717, 1.165) is 5.56 Å². The Bertz CT molecular complexity index is 578. The second-order valence-electron chi connectivity index (χ2n) is 3.95. The number of hydrazine groups is 1. The van der Waals surface area contributed by atoms with Crippen LogP contribution in [0, 0.1) is 0 Å². The van der Waals surface area contributed by atoms with Crippen LogP contribution >= 0.6 is 27.5 Å². The van der Waals surface area contributed by atoms with Gasteiger partial charge in [0.05, 0.1) is 6.04 Å². The molecule has 2 rings (SSSR count). The lowest BCUT2D eigenvalue weighted by Gasteiger charge is -2.16. The molecule has 1 heterocycles. The zero-order chi connectivity index (χ0) is 13.8. The summed E-state index contributed by atoms with van der Waals surface area (Å²) in [5.41, 5.74) is 3.57. The maximum absolute atomic E-state index is 5.98. The van der Waals surface area contributed by atoms with Gasteiger partial charge >= 0.3 is 0 Å². The summed E-state index contributed by atoms with van der Waals surface area (Å²) in [5.74, 6) is 6.55. The van der Waals surface area contributed by atoms with Crippen molar-refractivity contribution in [3.8, 4) is 0 Å². The number of hydrogen-bond acceptors (Lipinski definition) is 5. The smallest absolute Gasteiger partial charge is 0.159 e. The van der Waals surface area contributed by atoms with Gasteiger partial charge in [0.2, 0.25) is 0 Å². The number of nitrogens with one attached hydrogen (secondary N) is 2. The normalized spacial score (nSPS) is 12.0. The molecule has 1 aromatic heterocycles. The Balaban J connectivity index is 2.21. The summed E-state index contributed by atoms with van der Waals surface area (Å²) in [5, 5.41) is 3.98. The molecule has 0 amide bonds. The van der Waals surface area contributed by atoms with E-state index in [1.54, 1.807) is 0 Å². The highest BCUT2D eigenvalue weighted by Gasteiger charge is 2.11.